The summed E-state index contributed by atoms with van der Waals surface area (Å²) in [6.45, 7) is 0.419. The first kappa shape index (κ1) is 15.9. The third-order valence-electron chi connectivity index (χ3n) is 2.71. The zero-order valence-electron chi connectivity index (χ0n) is 10.9. The molecular weight excluding hydrogens is 266 g/mol. The maximum atomic E-state index is 10.8. The van der Waals surface area contributed by atoms with E-state index in [9.17, 15) is 14.9 Å². The van der Waals surface area contributed by atoms with Crippen LogP contribution in [0.5, 0.6) is 5.75 Å². The lowest BCUT2D eigenvalue weighted by Gasteiger charge is -2.07. The Kier molecular flexibility index (Phi) is 6.45. The van der Waals surface area contributed by atoms with Gasteiger partial charge in [-0.1, -0.05) is 6.42 Å². The van der Waals surface area contributed by atoms with Crippen molar-refractivity contribution in [2.24, 2.45) is 0 Å². The average Bonchev–Trinajstić information content (AvgIpc) is 2.42. The monoisotopic (exact) mass is 283 g/mol. The minimum atomic E-state index is -1.16. The van der Waals surface area contributed by atoms with Crippen LogP contribution in [0.1, 0.15) is 36.0 Å². The SMILES string of the molecule is O=C(O)c1ccc([N+](=O)[O-])c(OCCCCCCO)c1. The van der Waals surface area contributed by atoms with Crippen LogP contribution in [0.15, 0.2) is 18.2 Å². The Hall–Kier alpha value is -2.15. The summed E-state index contributed by atoms with van der Waals surface area (Å²) in [5.74, 6) is -1.19. The smallest absolute Gasteiger partial charge is 0.335 e. The van der Waals surface area contributed by atoms with Crippen LogP contribution in [-0.4, -0.2) is 34.3 Å². The van der Waals surface area contributed by atoms with Gasteiger partial charge in [-0.2, -0.15) is 0 Å². The van der Waals surface area contributed by atoms with E-state index in [1.807, 2.05) is 0 Å². The van der Waals surface area contributed by atoms with E-state index in [1.54, 1.807) is 0 Å². The number of aromatic carboxylic acids is 1. The molecule has 0 aliphatic rings. The van der Waals surface area contributed by atoms with E-state index >= 15 is 0 Å². The number of ether oxygens (including phenoxy) is 1. The van der Waals surface area contributed by atoms with Gasteiger partial charge < -0.3 is 14.9 Å². The predicted molar refractivity (Wildman–Crippen MR) is 71.1 cm³/mol. The molecule has 1 aromatic carbocycles. The molecular formula is C13H17NO6. The second-order valence-corrected chi connectivity index (χ2v) is 4.23. The molecule has 0 aliphatic heterocycles. The molecule has 0 heterocycles. The minimum Gasteiger partial charge on any atom is -0.487 e. The molecule has 1 rings (SSSR count). The molecule has 0 saturated carbocycles. The lowest BCUT2D eigenvalue weighted by Crippen LogP contribution is -2.03. The second-order valence-electron chi connectivity index (χ2n) is 4.23. The summed E-state index contributed by atoms with van der Waals surface area (Å²) in [6, 6.07) is 3.47. The molecule has 0 radical (unpaired) electrons. The number of rotatable bonds is 9. The van der Waals surface area contributed by atoms with Gasteiger partial charge in [0.2, 0.25) is 0 Å². The quantitative estimate of drug-likeness (QED) is 0.408. The topological polar surface area (TPSA) is 110 Å². The van der Waals surface area contributed by atoms with Gasteiger partial charge in [0.15, 0.2) is 5.75 Å². The number of nitro groups is 1. The third-order valence-corrected chi connectivity index (χ3v) is 2.71. The fourth-order valence-electron chi connectivity index (χ4n) is 1.66. The Morgan fingerprint density at radius 2 is 1.95 bits per heavy atom. The van der Waals surface area contributed by atoms with Crippen LogP contribution in [0, 0.1) is 10.1 Å². The van der Waals surface area contributed by atoms with Crippen LogP contribution >= 0.6 is 0 Å². The number of carbonyl (C=O) groups is 1. The van der Waals surface area contributed by atoms with Crippen molar-refractivity contribution in [1.29, 1.82) is 0 Å². The summed E-state index contributed by atoms with van der Waals surface area (Å²) in [4.78, 5) is 21.1. The first-order chi connectivity index (χ1) is 9.56. The van der Waals surface area contributed by atoms with Crippen molar-refractivity contribution in [2.75, 3.05) is 13.2 Å². The Morgan fingerprint density at radius 3 is 2.55 bits per heavy atom. The van der Waals surface area contributed by atoms with E-state index in [0.29, 0.717) is 12.8 Å². The van der Waals surface area contributed by atoms with Gasteiger partial charge in [0.05, 0.1) is 17.1 Å². The largest absolute Gasteiger partial charge is 0.487 e. The third kappa shape index (κ3) is 4.85. The predicted octanol–water partition coefficient (Wildman–Crippen LogP) is 2.22. The van der Waals surface area contributed by atoms with E-state index in [0.717, 1.165) is 25.0 Å². The molecule has 7 nitrogen and oxygen atoms in total. The number of benzene rings is 1. The molecule has 2 N–H and O–H groups in total. The Labute approximate surface area is 116 Å². The number of hydrogen-bond acceptors (Lipinski definition) is 5. The number of aliphatic hydroxyl groups excluding tert-OH is 1. The van der Waals surface area contributed by atoms with Gasteiger partial charge in [0.25, 0.3) is 0 Å². The van der Waals surface area contributed by atoms with Gasteiger partial charge in [-0.05, 0) is 25.3 Å². The summed E-state index contributed by atoms with van der Waals surface area (Å²) in [7, 11) is 0. The van der Waals surface area contributed by atoms with Crippen LogP contribution in [0.25, 0.3) is 0 Å². The van der Waals surface area contributed by atoms with Crippen LogP contribution in [0.3, 0.4) is 0 Å². The van der Waals surface area contributed by atoms with Gasteiger partial charge >= 0.3 is 11.7 Å². The molecule has 0 fully saturated rings. The Morgan fingerprint density at radius 1 is 1.25 bits per heavy atom. The maximum Gasteiger partial charge on any atom is 0.335 e. The van der Waals surface area contributed by atoms with Crippen LogP contribution < -0.4 is 4.74 Å². The number of carboxylic acid groups (broad SMARTS) is 1. The highest BCUT2D eigenvalue weighted by atomic mass is 16.6. The molecule has 0 unspecified atom stereocenters. The van der Waals surface area contributed by atoms with Gasteiger partial charge in [0, 0.05) is 18.7 Å². The number of unbranched alkanes of at least 4 members (excludes halogenated alkanes) is 3. The highest BCUT2D eigenvalue weighted by Gasteiger charge is 2.17. The fourth-order valence-corrected chi connectivity index (χ4v) is 1.66. The molecule has 1 aromatic rings. The maximum absolute atomic E-state index is 10.8. The lowest BCUT2D eigenvalue weighted by molar-refractivity contribution is -0.385. The Balaban J connectivity index is 2.63. The van der Waals surface area contributed by atoms with Crippen molar-refractivity contribution < 1.29 is 24.7 Å². The van der Waals surface area contributed by atoms with E-state index in [2.05, 4.69) is 0 Å². The van der Waals surface area contributed by atoms with Crippen molar-refractivity contribution in [3.63, 3.8) is 0 Å². The molecule has 7 heteroatoms. The summed E-state index contributed by atoms with van der Waals surface area (Å²) < 4.78 is 5.30. The summed E-state index contributed by atoms with van der Waals surface area (Å²) in [5, 5.41) is 28.3. The summed E-state index contributed by atoms with van der Waals surface area (Å²) in [5.41, 5.74) is -0.295. The average molecular weight is 283 g/mol. The van der Waals surface area contributed by atoms with E-state index in [4.69, 9.17) is 14.9 Å². The van der Waals surface area contributed by atoms with Crippen molar-refractivity contribution >= 4 is 11.7 Å². The number of carboxylic acids is 1. The van der Waals surface area contributed by atoms with Crippen LogP contribution in [0.4, 0.5) is 5.69 Å². The molecule has 0 atom stereocenters. The Bertz CT molecular complexity index is 474. The molecule has 0 amide bonds. The van der Waals surface area contributed by atoms with E-state index in [-0.39, 0.29) is 30.2 Å². The zero-order chi connectivity index (χ0) is 15.0. The highest BCUT2D eigenvalue weighted by Crippen LogP contribution is 2.28. The fraction of sp³-hybridized carbons (Fsp3) is 0.462. The molecule has 0 spiro atoms. The van der Waals surface area contributed by atoms with E-state index < -0.39 is 10.9 Å². The zero-order valence-corrected chi connectivity index (χ0v) is 10.9. The molecule has 0 aliphatic carbocycles. The summed E-state index contributed by atoms with van der Waals surface area (Å²) in [6.07, 6.45) is 3.10. The van der Waals surface area contributed by atoms with Crippen molar-refractivity contribution in [3.05, 3.63) is 33.9 Å². The van der Waals surface area contributed by atoms with Crippen LogP contribution in [-0.2, 0) is 0 Å². The highest BCUT2D eigenvalue weighted by molar-refractivity contribution is 5.88. The normalized spacial score (nSPS) is 10.2. The van der Waals surface area contributed by atoms with E-state index in [1.165, 1.54) is 6.07 Å². The van der Waals surface area contributed by atoms with Crippen molar-refractivity contribution in [3.8, 4) is 5.75 Å². The first-order valence-corrected chi connectivity index (χ1v) is 6.31. The van der Waals surface area contributed by atoms with Gasteiger partial charge in [-0.25, -0.2) is 4.79 Å². The first-order valence-electron chi connectivity index (χ1n) is 6.31. The summed E-state index contributed by atoms with van der Waals surface area (Å²) >= 11 is 0. The molecule has 110 valence electrons. The molecule has 0 saturated heterocycles. The van der Waals surface area contributed by atoms with Crippen molar-refractivity contribution in [2.45, 2.75) is 25.7 Å². The number of hydrogen-bond donors (Lipinski definition) is 2. The van der Waals surface area contributed by atoms with Gasteiger partial charge in [-0.3, -0.25) is 10.1 Å². The van der Waals surface area contributed by atoms with Crippen LogP contribution in [0.2, 0.25) is 0 Å². The molecule has 0 bridgehead atoms. The standard InChI is InChI=1S/C13H17NO6/c15-7-3-1-2-4-8-20-12-9-10(13(16)17)5-6-11(12)14(18)19/h5-6,9,15H,1-4,7-8H2,(H,16,17). The number of nitrogens with zero attached hydrogens (tertiary/aromatic N) is 1. The molecule has 20 heavy (non-hydrogen) atoms. The second kappa shape index (κ2) is 8.11. The number of aliphatic hydroxyl groups is 1. The van der Waals surface area contributed by atoms with Crippen molar-refractivity contribution in [1.82, 2.24) is 0 Å². The number of nitro benzene ring substituents is 1. The lowest BCUT2D eigenvalue weighted by atomic mass is 10.2. The van der Waals surface area contributed by atoms with Gasteiger partial charge in [0.1, 0.15) is 0 Å². The minimum absolute atomic E-state index is 0.0305. The molecule has 0 aromatic heterocycles. The van der Waals surface area contributed by atoms with Gasteiger partial charge in [-0.15, -0.1) is 0 Å².